The van der Waals surface area contributed by atoms with Crippen molar-refractivity contribution in [2.75, 3.05) is 32.0 Å². The van der Waals surface area contributed by atoms with Gasteiger partial charge < -0.3 is 10.5 Å². The van der Waals surface area contributed by atoms with Crippen LogP contribution in [-0.4, -0.2) is 31.1 Å². The minimum atomic E-state index is -0.418. The molecule has 1 fully saturated rings. The summed E-state index contributed by atoms with van der Waals surface area (Å²) in [6.07, 6.45) is 2.55. The van der Waals surface area contributed by atoms with Crippen molar-refractivity contribution in [2.24, 2.45) is 0 Å². The van der Waals surface area contributed by atoms with Crippen LogP contribution in [0.3, 0.4) is 0 Å². The molecule has 1 heterocycles. The molecule has 1 saturated heterocycles. The SMILES string of the molecule is Nc1ccc(OCCN2CCCC2)cc1F. The smallest absolute Gasteiger partial charge is 0.149 e. The topological polar surface area (TPSA) is 38.5 Å². The van der Waals surface area contributed by atoms with Crippen LogP contribution in [0.5, 0.6) is 5.75 Å². The van der Waals surface area contributed by atoms with Gasteiger partial charge in [0.15, 0.2) is 0 Å². The third-order valence-electron chi connectivity index (χ3n) is 2.85. The highest BCUT2D eigenvalue weighted by Gasteiger charge is 2.10. The molecule has 88 valence electrons. The summed E-state index contributed by atoms with van der Waals surface area (Å²) in [5.74, 6) is 0.129. The summed E-state index contributed by atoms with van der Waals surface area (Å²) in [5.41, 5.74) is 5.54. The van der Waals surface area contributed by atoms with Crippen molar-refractivity contribution >= 4 is 5.69 Å². The number of benzene rings is 1. The number of hydrogen-bond acceptors (Lipinski definition) is 3. The van der Waals surface area contributed by atoms with Crippen molar-refractivity contribution in [2.45, 2.75) is 12.8 Å². The molecule has 0 spiro atoms. The number of ether oxygens (including phenoxy) is 1. The van der Waals surface area contributed by atoms with E-state index in [0.29, 0.717) is 12.4 Å². The minimum absolute atomic E-state index is 0.159. The van der Waals surface area contributed by atoms with E-state index in [2.05, 4.69) is 4.90 Å². The highest BCUT2D eigenvalue weighted by molar-refractivity contribution is 5.43. The number of halogens is 1. The second-order valence-corrected chi connectivity index (χ2v) is 4.08. The molecule has 3 nitrogen and oxygen atoms in total. The molecule has 1 aromatic rings. The molecule has 16 heavy (non-hydrogen) atoms. The summed E-state index contributed by atoms with van der Waals surface area (Å²) in [5, 5.41) is 0. The lowest BCUT2D eigenvalue weighted by molar-refractivity contribution is 0.237. The fraction of sp³-hybridized carbons (Fsp3) is 0.500. The molecular formula is C12H17FN2O. The first kappa shape index (κ1) is 11.2. The molecular weight excluding hydrogens is 207 g/mol. The first-order valence-corrected chi connectivity index (χ1v) is 5.66. The molecule has 0 amide bonds. The number of nitrogens with zero attached hydrogens (tertiary/aromatic N) is 1. The average Bonchev–Trinajstić information content (AvgIpc) is 2.76. The summed E-state index contributed by atoms with van der Waals surface area (Å²) in [6, 6.07) is 4.56. The number of nitrogen functional groups attached to an aromatic ring is 1. The maximum Gasteiger partial charge on any atom is 0.149 e. The average molecular weight is 224 g/mol. The van der Waals surface area contributed by atoms with E-state index in [1.807, 2.05) is 0 Å². The van der Waals surface area contributed by atoms with E-state index in [-0.39, 0.29) is 5.69 Å². The van der Waals surface area contributed by atoms with Gasteiger partial charge >= 0.3 is 0 Å². The molecule has 0 saturated carbocycles. The molecule has 0 radical (unpaired) electrons. The van der Waals surface area contributed by atoms with Gasteiger partial charge in [0.2, 0.25) is 0 Å². The lowest BCUT2D eigenvalue weighted by Gasteiger charge is -2.14. The fourth-order valence-electron chi connectivity index (χ4n) is 1.90. The van der Waals surface area contributed by atoms with Crippen LogP contribution in [0.4, 0.5) is 10.1 Å². The van der Waals surface area contributed by atoms with Crippen LogP contribution in [0.2, 0.25) is 0 Å². The Morgan fingerprint density at radius 1 is 1.31 bits per heavy atom. The van der Waals surface area contributed by atoms with E-state index >= 15 is 0 Å². The van der Waals surface area contributed by atoms with Gasteiger partial charge in [-0.15, -0.1) is 0 Å². The molecule has 1 aliphatic heterocycles. The predicted octanol–water partition coefficient (Wildman–Crippen LogP) is 1.88. The van der Waals surface area contributed by atoms with Crippen molar-refractivity contribution in [3.05, 3.63) is 24.0 Å². The van der Waals surface area contributed by atoms with Gasteiger partial charge in [-0.25, -0.2) is 4.39 Å². The summed E-state index contributed by atoms with van der Waals surface area (Å²) >= 11 is 0. The fourth-order valence-corrected chi connectivity index (χ4v) is 1.90. The van der Waals surface area contributed by atoms with Gasteiger partial charge in [-0.3, -0.25) is 4.90 Å². The summed E-state index contributed by atoms with van der Waals surface area (Å²) in [7, 11) is 0. The molecule has 0 bridgehead atoms. The van der Waals surface area contributed by atoms with Crippen LogP contribution < -0.4 is 10.5 Å². The van der Waals surface area contributed by atoms with Crippen LogP contribution in [-0.2, 0) is 0 Å². The molecule has 2 N–H and O–H groups in total. The Balaban J connectivity index is 1.78. The van der Waals surface area contributed by atoms with Crippen molar-refractivity contribution in [3.63, 3.8) is 0 Å². The molecule has 2 rings (SSSR count). The lowest BCUT2D eigenvalue weighted by Crippen LogP contribution is -2.25. The number of anilines is 1. The third-order valence-corrected chi connectivity index (χ3v) is 2.85. The van der Waals surface area contributed by atoms with Gasteiger partial charge in [0.25, 0.3) is 0 Å². The van der Waals surface area contributed by atoms with Gasteiger partial charge in [0.05, 0.1) is 5.69 Å². The van der Waals surface area contributed by atoms with E-state index in [1.165, 1.54) is 25.0 Å². The first-order chi connectivity index (χ1) is 7.75. The van der Waals surface area contributed by atoms with Crippen LogP contribution in [0.15, 0.2) is 18.2 Å². The second-order valence-electron chi connectivity index (χ2n) is 4.08. The monoisotopic (exact) mass is 224 g/mol. The zero-order chi connectivity index (χ0) is 11.4. The van der Waals surface area contributed by atoms with Crippen LogP contribution in [0, 0.1) is 5.82 Å². The zero-order valence-corrected chi connectivity index (χ0v) is 9.29. The van der Waals surface area contributed by atoms with Crippen molar-refractivity contribution in [3.8, 4) is 5.75 Å². The van der Waals surface area contributed by atoms with Crippen LogP contribution in [0.25, 0.3) is 0 Å². The van der Waals surface area contributed by atoms with Crippen molar-refractivity contribution < 1.29 is 9.13 Å². The standard InChI is InChI=1S/C12H17FN2O/c13-11-9-10(3-4-12(11)14)16-8-7-15-5-1-2-6-15/h3-4,9H,1-2,5-8,14H2. The normalized spacial score (nSPS) is 16.6. The van der Waals surface area contributed by atoms with Gasteiger partial charge in [-0.2, -0.15) is 0 Å². The number of hydrogen-bond donors (Lipinski definition) is 1. The van der Waals surface area contributed by atoms with Crippen molar-refractivity contribution in [1.82, 2.24) is 4.90 Å². The molecule has 4 heteroatoms. The Kier molecular flexibility index (Phi) is 3.62. The summed E-state index contributed by atoms with van der Waals surface area (Å²) < 4.78 is 18.6. The quantitative estimate of drug-likeness (QED) is 0.794. The Bertz CT molecular complexity index is 351. The van der Waals surface area contributed by atoms with Gasteiger partial charge in [0, 0.05) is 12.6 Å². The van der Waals surface area contributed by atoms with Gasteiger partial charge in [0.1, 0.15) is 18.2 Å². The van der Waals surface area contributed by atoms with Gasteiger partial charge in [-0.05, 0) is 38.1 Å². The minimum Gasteiger partial charge on any atom is -0.492 e. The number of nitrogens with two attached hydrogens (primary N) is 1. The third kappa shape index (κ3) is 2.85. The Labute approximate surface area is 95.0 Å². The zero-order valence-electron chi connectivity index (χ0n) is 9.29. The number of rotatable bonds is 4. The maximum atomic E-state index is 13.1. The Hall–Kier alpha value is -1.29. The molecule has 1 aromatic carbocycles. The van der Waals surface area contributed by atoms with E-state index in [9.17, 15) is 4.39 Å². The molecule has 0 unspecified atom stereocenters. The predicted molar refractivity (Wildman–Crippen MR) is 62.0 cm³/mol. The Morgan fingerprint density at radius 3 is 2.75 bits per heavy atom. The highest BCUT2D eigenvalue weighted by Crippen LogP contribution is 2.18. The van der Waals surface area contributed by atoms with Crippen LogP contribution in [0.1, 0.15) is 12.8 Å². The van der Waals surface area contributed by atoms with Crippen molar-refractivity contribution in [1.29, 1.82) is 0 Å². The second kappa shape index (κ2) is 5.16. The van der Waals surface area contributed by atoms with E-state index < -0.39 is 5.82 Å². The summed E-state index contributed by atoms with van der Waals surface area (Å²) in [4.78, 5) is 2.35. The van der Waals surface area contributed by atoms with E-state index in [1.54, 1.807) is 6.07 Å². The maximum absolute atomic E-state index is 13.1. The summed E-state index contributed by atoms with van der Waals surface area (Å²) in [6.45, 7) is 3.81. The number of likely N-dealkylation sites (tertiary alicyclic amines) is 1. The van der Waals surface area contributed by atoms with Gasteiger partial charge in [-0.1, -0.05) is 0 Å². The lowest BCUT2D eigenvalue weighted by atomic mass is 10.3. The van der Waals surface area contributed by atoms with E-state index in [4.69, 9.17) is 10.5 Å². The highest BCUT2D eigenvalue weighted by atomic mass is 19.1. The Morgan fingerprint density at radius 2 is 2.06 bits per heavy atom. The van der Waals surface area contributed by atoms with E-state index in [0.717, 1.165) is 19.6 Å². The molecule has 0 atom stereocenters. The molecule has 0 aromatic heterocycles. The first-order valence-electron chi connectivity index (χ1n) is 5.66. The largest absolute Gasteiger partial charge is 0.492 e. The molecule has 1 aliphatic rings. The molecule has 0 aliphatic carbocycles. The van der Waals surface area contributed by atoms with Crippen LogP contribution >= 0.6 is 0 Å².